The molecular formula is C10H12O2. The van der Waals surface area contributed by atoms with E-state index in [0.29, 0.717) is 13.2 Å². The van der Waals surface area contributed by atoms with Crippen molar-refractivity contribution in [1.29, 1.82) is 0 Å². The Labute approximate surface area is 72.4 Å². The van der Waals surface area contributed by atoms with Gasteiger partial charge in [-0.1, -0.05) is 24.8 Å². The molecule has 12 heavy (non-hydrogen) atoms. The van der Waals surface area contributed by atoms with Gasteiger partial charge in [-0.25, -0.2) is 0 Å². The van der Waals surface area contributed by atoms with Crippen molar-refractivity contribution in [3.05, 3.63) is 43.2 Å². The molecule has 0 saturated carbocycles. The van der Waals surface area contributed by atoms with Crippen LogP contribution in [0.15, 0.2) is 43.2 Å². The molecule has 0 unspecified atom stereocenters. The Morgan fingerprint density at radius 3 is 2.58 bits per heavy atom. The third-order valence-electron chi connectivity index (χ3n) is 1.33. The molecule has 0 aliphatic heterocycles. The molecule has 0 N–H and O–H groups in total. The summed E-state index contributed by atoms with van der Waals surface area (Å²) >= 11 is 0. The molecular weight excluding hydrogens is 152 g/mol. The van der Waals surface area contributed by atoms with E-state index < -0.39 is 0 Å². The topological polar surface area (TPSA) is 18.5 Å². The monoisotopic (exact) mass is 164 g/mol. The summed E-state index contributed by atoms with van der Waals surface area (Å²) in [5.74, 6) is 0.866. The molecule has 1 rings (SSSR count). The predicted octanol–water partition coefficient (Wildman–Crippen LogP) is 2.23. The number of ether oxygens (including phenoxy) is 2. The van der Waals surface area contributed by atoms with E-state index in [2.05, 4.69) is 6.58 Å². The van der Waals surface area contributed by atoms with Crippen LogP contribution in [0.25, 0.3) is 0 Å². The molecule has 0 radical (unpaired) electrons. The van der Waals surface area contributed by atoms with Gasteiger partial charge in [-0.15, -0.1) is 0 Å². The molecule has 0 aliphatic rings. The first-order valence-corrected chi connectivity index (χ1v) is 3.84. The minimum absolute atomic E-state index is 0.540. The van der Waals surface area contributed by atoms with E-state index >= 15 is 0 Å². The average Bonchev–Trinajstić information content (AvgIpc) is 2.14. The van der Waals surface area contributed by atoms with Crippen molar-refractivity contribution in [2.45, 2.75) is 0 Å². The summed E-state index contributed by atoms with van der Waals surface area (Å²) in [6, 6.07) is 9.64. The van der Waals surface area contributed by atoms with Crippen LogP contribution in [-0.2, 0) is 4.74 Å². The van der Waals surface area contributed by atoms with Gasteiger partial charge >= 0.3 is 0 Å². The minimum atomic E-state index is 0.540. The van der Waals surface area contributed by atoms with Crippen molar-refractivity contribution in [1.82, 2.24) is 0 Å². The number of rotatable bonds is 5. The molecule has 1 aromatic rings. The van der Waals surface area contributed by atoms with Gasteiger partial charge in [0.15, 0.2) is 0 Å². The lowest BCUT2D eigenvalue weighted by Crippen LogP contribution is -2.03. The van der Waals surface area contributed by atoms with E-state index in [-0.39, 0.29) is 0 Å². The summed E-state index contributed by atoms with van der Waals surface area (Å²) in [5, 5.41) is 0. The largest absolute Gasteiger partial charge is 0.498 e. The van der Waals surface area contributed by atoms with Crippen LogP contribution in [-0.4, -0.2) is 13.2 Å². The van der Waals surface area contributed by atoms with Crippen LogP contribution >= 0.6 is 0 Å². The fraction of sp³-hybridized carbons (Fsp3) is 0.200. The van der Waals surface area contributed by atoms with Gasteiger partial charge in [0, 0.05) is 0 Å². The first-order chi connectivity index (χ1) is 5.93. The Kier molecular flexibility index (Phi) is 3.78. The molecule has 0 saturated heterocycles. The summed E-state index contributed by atoms with van der Waals surface area (Å²) in [7, 11) is 0. The SMILES string of the molecule is C=COCCOc1ccccc1. The number of hydrogen-bond acceptors (Lipinski definition) is 2. The number of para-hydroxylation sites is 1. The molecule has 0 bridgehead atoms. The fourth-order valence-electron chi connectivity index (χ4n) is 0.808. The van der Waals surface area contributed by atoms with Gasteiger partial charge < -0.3 is 9.47 Å². The summed E-state index contributed by atoms with van der Waals surface area (Å²) in [6.45, 7) is 4.52. The van der Waals surface area contributed by atoms with E-state index in [0.717, 1.165) is 5.75 Å². The molecule has 0 aromatic heterocycles. The molecule has 64 valence electrons. The van der Waals surface area contributed by atoms with Crippen LogP contribution in [0, 0.1) is 0 Å². The zero-order chi connectivity index (χ0) is 8.65. The zero-order valence-corrected chi connectivity index (χ0v) is 6.90. The Morgan fingerprint density at radius 1 is 1.17 bits per heavy atom. The lowest BCUT2D eigenvalue weighted by atomic mass is 10.3. The van der Waals surface area contributed by atoms with Gasteiger partial charge in [-0.3, -0.25) is 0 Å². The standard InChI is InChI=1S/C10H12O2/c1-2-11-8-9-12-10-6-4-3-5-7-10/h2-7H,1,8-9H2. The Hall–Kier alpha value is -1.44. The third kappa shape index (κ3) is 3.10. The highest BCUT2D eigenvalue weighted by Gasteiger charge is 1.89. The molecule has 0 heterocycles. The first-order valence-electron chi connectivity index (χ1n) is 3.84. The van der Waals surface area contributed by atoms with E-state index in [1.54, 1.807) is 0 Å². The van der Waals surface area contributed by atoms with Gasteiger partial charge in [-0.05, 0) is 12.1 Å². The zero-order valence-electron chi connectivity index (χ0n) is 6.90. The van der Waals surface area contributed by atoms with Crippen LogP contribution in [0.1, 0.15) is 0 Å². The van der Waals surface area contributed by atoms with Gasteiger partial charge in [-0.2, -0.15) is 0 Å². The third-order valence-corrected chi connectivity index (χ3v) is 1.33. The maximum atomic E-state index is 5.34. The minimum Gasteiger partial charge on any atom is -0.498 e. The molecule has 0 fully saturated rings. The van der Waals surface area contributed by atoms with Gasteiger partial charge in [0.1, 0.15) is 19.0 Å². The Balaban J connectivity index is 2.20. The van der Waals surface area contributed by atoms with E-state index in [9.17, 15) is 0 Å². The molecule has 0 amide bonds. The van der Waals surface area contributed by atoms with Gasteiger partial charge in [0.05, 0.1) is 6.26 Å². The van der Waals surface area contributed by atoms with Gasteiger partial charge in [0.2, 0.25) is 0 Å². The maximum Gasteiger partial charge on any atom is 0.122 e. The van der Waals surface area contributed by atoms with Crippen molar-refractivity contribution in [3.8, 4) is 5.75 Å². The van der Waals surface area contributed by atoms with Gasteiger partial charge in [0.25, 0.3) is 0 Å². The molecule has 2 heteroatoms. The van der Waals surface area contributed by atoms with Crippen molar-refractivity contribution >= 4 is 0 Å². The highest BCUT2D eigenvalue weighted by atomic mass is 16.5. The van der Waals surface area contributed by atoms with Crippen LogP contribution in [0.5, 0.6) is 5.75 Å². The van der Waals surface area contributed by atoms with Crippen molar-refractivity contribution < 1.29 is 9.47 Å². The highest BCUT2D eigenvalue weighted by molar-refractivity contribution is 5.20. The van der Waals surface area contributed by atoms with E-state index in [1.165, 1.54) is 6.26 Å². The summed E-state index contributed by atoms with van der Waals surface area (Å²) in [6.07, 6.45) is 1.41. The van der Waals surface area contributed by atoms with Crippen LogP contribution in [0.2, 0.25) is 0 Å². The second-order valence-electron chi connectivity index (χ2n) is 2.20. The summed E-state index contributed by atoms with van der Waals surface area (Å²) in [5.41, 5.74) is 0. The molecule has 1 aromatic carbocycles. The summed E-state index contributed by atoms with van der Waals surface area (Å²) < 4.78 is 10.2. The van der Waals surface area contributed by atoms with E-state index in [4.69, 9.17) is 9.47 Å². The van der Waals surface area contributed by atoms with E-state index in [1.807, 2.05) is 30.3 Å². The average molecular weight is 164 g/mol. The second kappa shape index (κ2) is 5.24. The smallest absolute Gasteiger partial charge is 0.122 e. The number of hydrogen-bond donors (Lipinski definition) is 0. The highest BCUT2D eigenvalue weighted by Crippen LogP contribution is 2.07. The number of benzene rings is 1. The summed E-state index contributed by atoms with van der Waals surface area (Å²) in [4.78, 5) is 0. The quantitative estimate of drug-likeness (QED) is 0.490. The second-order valence-corrected chi connectivity index (χ2v) is 2.20. The Bertz CT molecular complexity index is 219. The van der Waals surface area contributed by atoms with Crippen LogP contribution < -0.4 is 4.74 Å². The molecule has 0 aliphatic carbocycles. The Morgan fingerprint density at radius 2 is 1.92 bits per heavy atom. The van der Waals surface area contributed by atoms with Crippen molar-refractivity contribution in [2.75, 3.05) is 13.2 Å². The lowest BCUT2D eigenvalue weighted by Gasteiger charge is -2.04. The van der Waals surface area contributed by atoms with Crippen molar-refractivity contribution in [3.63, 3.8) is 0 Å². The molecule has 0 spiro atoms. The van der Waals surface area contributed by atoms with Crippen LogP contribution in [0.3, 0.4) is 0 Å². The van der Waals surface area contributed by atoms with Crippen molar-refractivity contribution in [2.24, 2.45) is 0 Å². The van der Waals surface area contributed by atoms with Crippen LogP contribution in [0.4, 0.5) is 0 Å². The predicted molar refractivity (Wildman–Crippen MR) is 48.1 cm³/mol. The molecule has 0 atom stereocenters. The fourth-order valence-corrected chi connectivity index (χ4v) is 0.808. The maximum absolute atomic E-state index is 5.34. The lowest BCUT2D eigenvalue weighted by molar-refractivity contribution is 0.179. The first kappa shape index (κ1) is 8.65. The molecule has 2 nitrogen and oxygen atoms in total. The normalized spacial score (nSPS) is 9.00.